The lowest BCUT2D eigenvalue weighted by Gasteiger charge is -2.21. The van der Waals surface area contributed by atoms with Crippen LogP contribution < -0.4 is 10.6 Å². The van der Waals surface area contributed by atoms with Gasteiger partial charge in [-0.1, -0.05) is 27.2 Å². The SMILES string of the molecule is CC.CCCC(C=O)NC(=O)OC(C)(C)C.COC(=O)CNC=O.COC(C)(C)C.COC(C)(C)C. The monoisotopic (exact) mass is 524 g/mol. The number of nitrogens with one attached hydrogen (secondary N) is 2. The molecule has 0 aromatic carbocycles. The van der Waals surface area contributed by atoms with Crippen molar-refractivity contribution < 1.29 is 38.1 Å². The van der Waals surface area contributed by atoms with Crippen molar-refractivity contribution in [3.05, 3.63) is 0 Å². The first-order valence-corrected chi connectivity index (χ1v) is 12.1. The van der Waals surface area contributed by atoms with E-state index < -0.39 is 23.7 Å². The quantitative estimate of drug-likeness (QED) is 0.363. The molecule has 10 nitrogen and oxygen atoms in total. The van der Waals surface area contributed by atoms with E-state index in [1.54, 1.807) is 35.0 Å². The fourth-order valence-corrected chi connectivity index (χ4v) is 1.14. The Balaban J connectivity index is -0.000000124. The molecule has 0 aliphatic rings. The molecule has 0 bridgehead atoms. The maximum Gasteiger partial charge on any atom is 0.408 e. The molecular weight excluding hydrogens is 468 g/mol. The van der Waals surface area contributed by atoms with Crippen LogP contribution in [0.25, 0.3) is 0 Å². The zero-order valence-corrected chi connectivity index (χ0v) is 25.6. The van der Waals surface area contributed by atoms with Crippen molar-refractivity contribution in [2.45, 2.75) is 119 Å². The molecule has 0 aromatic heterocycles. The van der Waals surface area contributed by atoms with Gasteiger partial charge in [-0.3, -0.25) is 9.59 Å². The van der Waals surface area contributed by atoms with Gasteiger partial charge >= 0.3 is 12.1 Å². The van der Waals surface area contributed by atoms with Gasteiger partial charge in [0.25, 0.3) is 0 Å². The Morgan fingerprint density at radius 2 is 1.19 bits per heavy atom. The van der Waals surface area contributed by atoms with E-state index in [9.17, 15) is 19.2 Å². The van der Waals surface area contributed by atoms with Crippen molar-refractivity contribution in [2.75, 3.05) is 27.9 Å². The number of esters is 1. The summed E-state index contributed by atoms with van der Waals surface area (Å²) in [7, 11) is 4.68. The molecule has 0 heterocycles. The molecule has 218 valence electrons. The second kappa shape index (κ2) is 25.9. The molecule has 36 heavy (non-hydrogen) atoms. The van der Waals surface area contributed by atoms with Crippen LogP contribution in [0.15, 0.2) is 0 Å². The molecule has 2 amide bonds. The van der Waals surface area contributed by atoms with Gasteiger partial charge in [-0.2, -0.15) is 0 Å². The van der Waals surface area contributed by atoms with Crippen LogP contribution in [0, 0.1) is 0 Å². The Morgan fingerprint density at radius 1 is 0.806 bits per heavy atom. The molecule has 0 rings (SSSR count). The van der Waals surface area contributed by atoms with E-state index >= 15 is 0 Å². The molecule has 0 aromatic rings. The number of amides is 2. The summed E-state index contributed by atoms with van der Waals surface area (Å²) in [6.07, 6.45) is 2.12. The van der Waals surface area contributed by atoms with Crippen molar-refractivity contribution in [2.24, 2.45) is 0 Å². The average molecular weight is 525 g/mol. The highest BCUT2D eigenvalue weighted by Crippen LogP contribution is 2.07. The van der Waals surface area contributed by atoms with Crippen LogP contribution in [0.2, 0.25) is 0 Å². The van der Waals surface area contributed by atoms with Gasteiger partial charge in [0.05, 0.1) is 24.4 Å². The summed E-state index contributed by atoms with van der Waals surface area (Å²) in [5.41, 5.74) is -0.441. The van der Waals surface area contributed by atoms with Crippen molar-refractivity contribution >= 4 is 24.8 Å². The van der Waals surface area contributed by atoms with Crippen LogP contribution >= 0.6 is 0 Å². The fraction of sp³-hybridized carbons (Fsp3) is 0.846. The molecule has 2 N–H and O–H groups in total. The first-order valence-electron chi connectivity index (χ1n) is 12.1. The van der Waals surface area contributed by atoms with Crippen LogP contribution in [0.4, 0.5) is 4.79 Å². The first kappa shape index (κ1) is 43.8. The highest BCUT2D eigenvalue weighted by atomic mass is 16.6. The highest BCUT2D eigenvalue weighted by Gasteiger charge is 2.18. The zero-order chi connectivity index (χ0) is 30.0. The summed E-state index contributed by atoms with van der Waals surface area (Å²) in [5.74, 6) is -0.447. The number of rotatable bonds is 7. The second-order valence-corrected chi connectivity index (χ2v) is 9.89. The number of hydrogen-bond acceptors (Lipinski definition) is 8. The third-order valence-corrected chi connectivity index (χ3v) is 3.25. The van der Waals surface area contributed by atoms with E-state index in [2.05, 4.69) is 15.4 Å². The molecule has 0 spiro atoms. The number of alkyl carbamates (subject to hydrolysis) is 1. The van der Waals surface area contributed by atoms with Gasteiger partial charge in [0.1, 0.15) is 18.4 Å². The molecule has 0 radical (unpaired) electrons. The van der Waals surface area contributed by atoms with Gasteiger partial charge < -0.3 is 34.4 Å². The smallest absolute Gasteiger partial charge is 0.408 e. The summed E-state index contributed by atoms with van der Waals surface area (Å²) in [6, 6.07) is -0.435. The van der Waals surface area contributed by atoms with E-state index in [0.29, 0.717) is 12.8 Å². The molecule has 1 unspecified atom stereocenters. The third-order valence-electron chi connectivity index (χ3n) is 3.25. The lowest BCUT2D eigenvalue weighted by molar-refractivity contribution is -0.140. The summed E-state index contributed by atoms with van der Waals surface area (Å²) >= 11 is 0. The second-order valence-electron chi connectivity index (χ2n) is 9.89. The molecule has 10 heteroatoms. The molecule has 0 fully saturated rings. The summed E-state index contributed by atoms with van der Waals surface area (Å²) < 4.78 is 19.1. The Labute approximate surface area is 220 Å². The Bertz CT molecular complexity index is 520. The first-order chi connectivity index (χ1) is 16.3. The molecule has 0 aliphatic heterocycles. The summed E-state index contributed by atoms with van der Waals surface area (Å²) in [4.78, 5) is 41.4. The maximum absolute atomic E-state index is 11.2. The fourth-order valence-electron chi connectivity index (χ4n) is 1.14. The van der Waals surface area contributed by atoms with Crippen LogP contribution in [-0.4, -0.2) is 75.5 Å². The predicted octanol–water partition coefficient (Wildman–Crippen LogP) is 4.67. The van der Waals surface area contributed by atoms with E-state index in [1.807, 2.05) is 62.3 Å². The molecular formula is C26H56N2O8. The van der Waals surface area contributed by atoms with Gasteiger partial charge in [-0.15, -0.1) is 0 Å². The predicted molar refractivity (Wildman–Crippen MR) is 145 cm³/mol. The van der Waals surface area contributed by atoms with Crippen molar-refractivity contribution in [1.29, 1.82) is 0 Å². The normalized spacial score (nSPS) is 11.0. The van der Waals surface area contributed by atoms with Crippen LogP contribution in [0.3, 0.4) is 0 Å². The standard InChI is InChI=1S/C10H19NO3.2C5H12O.C4H7NO3.C2H6/c1-5-6-8(7-12)11-9(13)14-10(2,3)4;2*1-5(2,3)6-4;1-8-4(7)2-5-3-6;1-2/h7-8H,5-6H2,1-4H3,(H,11,13);2*1-4H3;3H,2H2,1H3,(H,5,6);1-2H3. The third kappa shape index (κ3) is 53.3. The Kier molecular flexibility index (Phi) is 31.5. The van der Waals surface area contributed by atoms with Crippen molar-refractivity contribution in [3.8, 4) is 0 Å². The lowest BCUT2D eigenvalue weighted by atomic mass is 10.2. The lowest BCUT2D eigenvalue weighted by Crippen LogP contribution is -2.39. The van der Waals surface area contributed by atoms with Crippen LogP contribution in [-0.2, 0) is 33.3 Å². The summed E-state index contributed by atoms with van der Waals surface area (Å²) in [5, 5.41) is 4.64. The number of hydrogen-bond donors (Lipinski definition) is 2. The molecule has 0 saturated carbocycles. The van der Waals surface area contributed by atoms with Crippen molar-refractivity contribution in [1.82, 2.24) is 10.6 Å². The molecule has 0 aliphatic carbocycles. The number of ether oxygens (including phenoxy) is 4. The van der Waals surface area contributed by atoms with E-state index in [1.165, 1.54) is 7.11 Å². The number of methoxy groups -OCH3 is 3. The largest absolute Gasteiger partial charge is 0.468 e. The number of aldehydes is 1. The highest BCUT2D eigenvalue weighted by molar-refractivity contribution is 5.74. The Hall–Kier alpha value is -2.20. The van der Waals surface area contributed by atoms with Crippen LogP contribution in [0.5, 0.6) is 0 Å². The van der Waals surface area contributed by atoms with E-state index in [0.717, 1.165) is 12.7 Å². The number of carbonyl (C=O) groups is 4. The molecule has 0 saturated heterocycles. The van der Waals surface area contributed by atoms with Crippen molar-refractivity contribution in [3.63, 3.8) is 0 Å². The number of carbonyl (C=O) groups excluding carboxylic acids is 4. The maximum atomic E-state index is 11.2. The minimum Gasteiger partial charge on any atom is -0.468 e. The molecule has 1 atom stereocenters. The van der Waals surface area contributed by atoms with Gasteiger partial charge in [-0.25, -0.2) is 4.79 Å². The average Bonchev–Trinajstić information content (AvgIpc) is 2.77. The van der Waals surface area contributed by atoms with Gasteiger partial charge in [-0.05, 0) is 68.7 Å². The minimum absolute atomic E-state index is 0.0417. The minimum atomic E-state index is -0.539. The Morgan fingerprint density at radius 3 is 1.42 bits per heavy atom. The van der Waals surface area contributed by atoms with Crippen LogP contribution in [0.1, 0.15) is 95.9 Å². The van der Waals surface area contributed by atoms with E-state index in [-0.39, 0.29) is 17.7 Å². The van der Waals surface area contributed by atoms with Gasteiger partial charge in [0.2, 0.25) is 6.41 Å². The topological polar surface area (TPSA) is 129 Å². The zero-order valence-electron chi connectivity index (χ0n) is 25.6. The summed E-state index contributed by atoms with van der Waals surface area (Å²) in [6.45, 7) is 23.4. The van der Waals surface area contributed by atoms with E-state index in [4.69, 9.17) is 14.2 Å². The van der Waals surface area contributed by atoms with Gasteiger partial charge in [0.15, 0.2) is 0 Å². The van der Waals surface area contributed by atoms with Gasteiger partial charge in [0, 0.05) is 14.2 Å².